The van der Waals surface area contributed by atoms with E-state index in [0.29, 0.717) is 6.04 Å². The first-order valence-electron chi connectivity index (χ1n) is 12.0. The number of likely N-dealkylation sites (N-methyl/N-ethyl adjacent to an activating group) is 1. The molecule has 30 heavy (non-hydrogen) atoms. The summed E-state index contributed by atoms with van der Waals surface area (Å²) in [6.07, 6.45) is 5.66. The van der Waals surface area contributed by atoms with Gasteiger partial charge in [-0.1, -0.05) is 13.3 Å². The third kappa shape index (κ3) is 6.72. The zero-order valence-corrected chi connectivity index (χ0v) is 19.3. The molecule has 2 unspecified atom stereocenters. The zero-order valence-electron chi connectivity index (χ0n) is 19.3. The molecule has 0 saturated carbocycles. The molecule has 0 spiro atoms. The predicted octanol–water partition coefficient (Wildman–Crippen LogP) is 2.39. The summed E-state index contributed by atoms with van der Waals surface area (Å²) in [7, 11) is 0. The van der Waals surface area contributed by atoms with Crippen molar-refractivity contribution in [3.05, 3.63) is 24.2 Å². The van der Waals surface area contributed by atoms with Crippen molar-refractivity contribution in [3.8, 4) is 0 Å². The topological polar surface area (TPSA) is 59.3 Å². The Morgan fingerprint density at radius 1 is 1.03 bits per heavy atom. The number of hydrogen-bond acceptors (Lipinski definition) is 5. The van der Waals surface area contributed by atoms with Gasteiger partial charge in [-0.2, -0.15) is 0 Å². The first-order chi connectivity index (χ1) is 14.7. The lowest BCUT2D eigenvalue weighted by Gasteiger charge is -2.37. The quantitative estimate of drug-likeness (QED) is 0.474. The summed E-state index contributed by atoms with van der Waals surface area (Å²) >= 11 is 0. The van der Waals surface area contributed by atoms with Gasteiger partial charge in [0, 0.05) is 45.3 Å². The average molecular weight is 419 g/mol. The van der Waals surface area contributed by atoms with Crippen LogP contribution in [0.2, 0.25) is 0 Å². The Kier molecular flexibility index (Phi) is 9.49. The third-order valence-electron chi connectivity index (χ3n) is 6.50. The Bertz CT molecular complexity index is 605. The molecule has 2 atom stereocenters. The Hall–Kier alpha value is -1.57. The fourth-order valence-corrected chi connectivity index (χ4v) is 4.51. The number of piperazine rings is 1. The number of guanidine groups is 1. The summed E-state index contributed by atoms with van der Waals surface area (Å²) in [5.74, 6) is 1.95. The SMILES string of the molecule is CCNC(=NCC(C)N1CCN(CC)CC1)NCC(c1ccco1)N1CCCCC1. The van der Waals surface area contributed by atoms with Crippen molar-refractivity contribution in [2.24, 2.45) is 4.99 Å². The number of furan rings is 1. The number of likely N-dealkylation sites (tertiary alicyclic amines) is 1. The molecule has 0 radical (unpaired) electrons. The fraction of sp³-hybridized carbons (Fsp3) is 0.783. The largest absolute Gasteiger partial charge is 0.468 e. The summed E-state index contributed by atoms with van der Waals surface area (Å²) in [6, 6.07) is 4.81. The number of hydrogen-bond donors (Lipinski definition) is 2. The molecule has 1 aromatic heterocycles. The van der Waals surface area contributed by atoms with Gasteiger partial charge in [-0.25, -0.2) is 0 Å². The van der Waals surface area contributed by atoms with E-state index in [1.807, 2.05) is 6.07 Å². The molecule has 0 aromatic carbocycles. The monoisotopic (exact) mass is 418 g/mol. The van der Waals surface area contributed by atoms with Gasteiger partial charge in [0.2, 0.25) is 0 Å². The molecule has 0 bridgehead atoms. The highest BCUT2D eigenvalue weighted by Crippen LogP contribution is 2.24. The second-order valence-corrected chi connectivity index (χ2v) is 8.55. The lowest BCUT2D eigenvalue weighted by molar-refractivity contribution is 0.109. The van der Waals surface area contributed by atoms with Gasteiger partial charge in [-0.15, -0.1) is 0 Å². The molecule has 3 rings (SSSR count). The van der Waals surface area contributed by atoms with Crippen molar-refractivity contribution < 1.29 is 4.42 Å². The van der Waals surface area contributed by atoms with Crippen molar-refractivity contribution in [1.29, 1.82) is 0 Å². The highest BCUT2D eigenvalue weighted by molar-refractivity contribution is 5.79. The van der Waals surface area contributed by atoms with Crippen LogP contribution in [-0.4, -0.2) is 92.1 Å². The molecule has 2 aliphatic heterocycles. The first-order valence-corrected chi connectivity index (χ1v) is 12.0. The van der Waals surface area contributed by atoms with Crippen molar-refractivity contribution in [3.63, 3.8) is 0 Å². The molecule has 0 amide bonds. The van der Waals surface area contributed by atoms with E-state index in [4.69, 9.17) is 9.41 Å². The van der Waals surface area contributed by atoms with Crippen LogP contribution < -0.4 is 10.6 Å². The Morgan fingerprint density at radius 2 is 1.80 bits per heavy atom. The van der Waals surface area contributed by atoms with E-state index >= 15 is 0 Å². The van der Waals surface area contributed by atoms with Crippen LogP contribution in [0.5, 0.6) is 0 Å². The summed E-state index contributed by atoms with van der Waals surface area (Å²) in [4.78, 5) is 12.6. The summed E-state index contributed by atoms with van der Waals surface area (Å²) in [5.41, 5.74) is 0. The second-order valence-electron chi connectivity index (χ2n) is 8.55. The summed E-state index contributed by atoms with van der Waals surface area (Å²) in [6.45, 7) is 17.2. The van der Waals surface area contributed by atoms with E-state index in [9.17, 15) is 0 Å². The van der Waals surface area contributed by atoms with E-state index in [1.54, 1.807) is 6.26 Å². The minimum atomic E-state index is 0.253. The second kappa shape index (κ2) is 12.3. The van der Waals surface area contributed by atoms with Crippen LogP contribution in [-0.2, 0) is 0 Å². The molecular formula is C23H42N6O. The molecule has 7 nitrogen and oxygen atoms in total. The number of piperidine rings is 1. The van der Waals surface area contributed by atoms with Gasteiger partial charge in [0.05, 0.1) is 18.8 Å². The molecule has 7 heteroatoms. The summed E-state index contributed by atoms with van der Waals surface area (Å²) < 4.78 is 5.78. The van der Waals surface area contributed by atoms with Crippen LogP contribution in [0.4, 0.5) is 0 Å². The van der Waals surface area contributed by atoms with Crippen LogP contribution in [0, 0.1) is 0 Å². The van der Waals surface area contributed by atoms with E-state index in [0.717, 1.165) is 64.1 Å². The Balaban J connectivity index is 1.55. The third-order valence-corrected chi connectivity index (χ3v) is 6.50. The molecule has 2 fully saturated rings. The van der Waals surface area contributed by atoms with Crippen LogP contribution in [0.25, 0.3) is 0 Å². The minimum absolute atomic E-state index is 0.253. The lowest BCUT2D eigenvalue weighted by Crippen LogP contribution is -2.50. The van der Waals surface area contributed by atoms with Gasteiger partial charge >= 0.3 is 0 Å². The van der Waals surface area contributed by atoms with Crippen molar-refractivity contribution in [2.45, 2.75) is 52.1 Å². The Morgan fingerprint density at radius 3 is 2.43 bits per heavy atom. The van der Waals surface area contributed by atoms with Crippen LogP contribution in [0.1, 0.15) is 51.8 Å². The average Bonchev–Trinajstić information content (AvgIpc) is 3.32. The van der Waals surface area contributed by atoms with E-state index in [1.165, 1.54) is 32.4 Å². The molecule has 170 valence electrons. The zero-order chi connectivity index (χ0) is 21.2. The highest BCUT2D eigenvalue weighted by Gasteiger charge is 2.25. The van der Waals surface area contributed by atoms with Crippen molar-refractivity contribution >= 4 is 5.96 Å². The number of nitrogens with zero attached hydrogens (tertiary/aromatic N) is 4. The molecule has 3 heterocycles. The van der Waals surface area contributed by atoms with Gasteiger partial charge in [0.1, 0.15) is 5.76 Å². The van der Waals surface area contributed by atoms with Crippen LogP contribution in [0.15, 0.2) is 27.8 Å². The van der Waals surface area contributed by atoms with Crippen LogP contribution in [0.3, 0.4) is 0 Å². The van der Waals surface area contributed by atoms with Crippen molar-refractivity contribution in [2.75, 3.05) is 65.4 Å². The molecule has 0 aliphatic carbocycles. The molecule has 2 N–H and O–H groups in total. The van der Waals surface area contributed by atoms with E-state index in [-0.39, 0.29) is 6.04 Å². The fourth-order valence-electron chi connectivity index (χ4n) is 4.51. The van der Waals surface area contributed by atoms with Gasteiger partial charge in [-0.3, -0.25) is 14.8 Å². The maximum Gasteiger partial charge on any atom is 0.191 e. The first kappa shape index (κ1) is 23.1. The number of rotatable bonds is 9. The molecule has 2 saturated heterocycles. The summed E-state index contributed by atoms with van der Waals surface area (Å²) in [5, 5.41) is 7.01. The molecule has 1 aromatic rings. The maximum atomic E-state index is 5.78. The van der Waals surface area contributed by atoms with E-state index in [2.05, 4.69) is 52.2 Å². The van der Waals surface area contributed by atoms with Gasteiger partial charge < -0.3 is 20.0 Å². The van der Waals surface area contributed by atoms with Gasteiger partial charge in [-0.05, 0) is 58.5 Å². The van der Waals surface area contributed by atoms with Gasteiger partial charge in [0.25, 0.3) is 0 Å². The van der Waals surface area contributed by atoms with Crippen LogP contribution >= 0.6 is 0 Å². The minimum Gasteiger partial charge on any atom is -0.468 e. The number of nitrogens with one attached hydrogen (secondary N) is 2. The van der Waals surface area contributed by atoms with Crippen molar-refractivity contribution in [1.82, 2.24) is 25.3 Å². The normalized spacial score (nSPS) is 22.0. The maximum absolute atomic E-state index is 5.78. The predicted molar refractivity (Wildman–Crippen MR) is 124 cm³/mol. The molecule has 2 aliphatic rings. The lowest BCUT2D eigenvalue weighted by atomic mass is 10.1. The smallest absolute Gasteiger partial charge is 0.191 e. The standard InChI is InChI=1S/C23H42N6O/c1-4-24-23(25-18-20(3)28-15-13-27(5-2)14-16-28)26-19-21(22-10-9-17-30-22)29-11-7-6-8-12-29/h9-10,17,20-21H,4-8,11-16,18-19H2,1-3H3,(H2,24,25,26). The van der Waals surface area contributed by atoms with Gasteiger partial charge in [0.15, 0.2) is 5.96 Å². The molecular weight excluding hydrogens is 376 g/mol. The van der Waals surface area contributed by atoms with E-state index < -0.39 is 0 Å². The number of aliphatic imine (C=N–C) groups is 1. The Labute approximate surface area is 182 Å². The highest BCUT2D eigenvalue weighted by atomic mass is 16.3.